The average Bonchev–Trinajstić information content (AvgIpc) is 2.76. The Bertz CT molecular complexity index is 839. The van der Waals surface area contributed by atoms with Gasteiger partial charge in [-0.05, 0) is 26.0 Å². The molecule has 132 valence electrons. The van der Waals surface area contributed by atoms with Gasteiger partial charge in [0.15, 0.2) is 5.60 Å². The molecule has 0 saturated carbocycles. The predicted octanol–water partition coefficient (Wildman–Crippen LogP) is 0.590. The lowest BCUT2D eigenvalue weighted by Gasteiger charge is -2.40. The number of phenols is 1. The first-order valence-electron chi connectivity index (χ1n) is 7.51. The van der Waals surface area contributed by atoms with Gasteiger partial charge in [0.05, 0.1) is 13.7 Å². The smallest absolute Gasteiger partial charge is 0.351 e. The molecule has 0 saturated heterocycles. The van der Waals surface area contributed by atoms with E-state index in [-0.39, 0.29) is 29.1 Å². The molecule has 2 N–H and O–H groups in total. The molecule has 8 nitrogen and oxygen atoms in total. The number of phenolic OH excluding ortho intramolecular Hbond substituents is 1. The average molecular weight is 348 g/mol. The number of carbonyl (C=O) groups excluding carboxylic acids is 3. The van der Waals surface area contributed by atoms with Gasteiger partial charge in [0, 0.05) is 17.2 Å². The Hall–Kier alpha value is -2.87. The number of ketones is 1. The molecule has 8 heteroatoms. The molecule has 2 atom stereocenters. The Morgan fingerprint density at radius 1 is 1.32 bits per heavy atom. The van der Waals surface area contributed by atoms with Crippen LogP contribution in [0, 0.1) is 0 Å². The van der Waals surface area contributed by atoms with Crippen LogP contribution in [0.3, 0.4) is 0 Å². The lowest BCUT2D eigenvalue weighted by atomic mass is 9.77. The number of hydrogen-bond acceptors (Lipinski definition) is 8. The van der Waals surface area contributed by atoms with E-state index >= 15 is 0 Å². The normalized spacial score (nSPS) is 27.1. The third kappa shape index (κ3) is 2.00. The van der Waals surface area contributed by atoms with Crippen LogP contribution in [-0.2, 0) is 19.1 Å². The molecule has 0 radical (unpaired) electrons. The monoisotopic (exact) mass is 348 g/mol. The van der Waals surface area contributed by atoms with Gasteiger partial charge in [-0.15, -0.1) is 0 Å². The molecule has 1 heterocycles. The number of methoxy groups -OCH3 is 1. The minimum absolute atomic E-state index is 0.0705. The molecule has 0 spiro atoms. The number of esters is 2. The van der Waals surface area contributed by atoms with Gasteiger partial charge >= 0.3 is 11.9 Å². The summed E-state index contributed by atoms with van der Waals surface area (Å²) in [5, 5.41) is 20.9. The number of ether oxygens (including phenoxy) is 3. The fourth-order valence-corrected chi connectivity index (χ4v) is 3.18. The molecule has 0 unspecified atom stereocenters. The largest absolute Gasteiger partial charge is 0.507 e. The van der Waals surface area contributed by atoms with Crippen molar-refractivity contribution in [1.29, 1.82) is 0 Å². The van der Waals surface area contributed by atoms with Crippen molar-refractivity contribution >= 4 is 23.3 Å². The van der Waals surface area contributed by atoms with E-state index in [1.54, 1.807) is 0 Å². The van der Waals surface area contributed by atoms with E-state index in [9.17, 15) is 24.6 Å². The van der Waals surface area contributed by atoms with Gasteiger partial charge in [0.1, 0.15) is 17.1 Å². The Kier molecular flexibility index (Phi) is 3.61. The SMILES string of the molecule is CCOC(=O)[C@@]1(O)C(=O)C=C2c3cc(OC)cc(O)c3C(=O)O[C@]21C. The van der Waals surface area contributed by atoms with Crippen LogP contribution in [0.15, 0.2) is 18.2 Å². The Morgan fingerprint density at radius 2 is 2.00 bits per heavy atom. The second-order valence-corrected chi connectivity index (χ2v) is 5.84. The van der Waals surface area contributed by atoms with Crippen molar-refractivity contribution in [1.82, 2.24) is 0 Å². The molecule has 1 aliphatic heterocycles. The van der Waals surface area contributed by atoms with Gasteiger partial charge in [-0.3, -0.25) is 4.79 Å². The van der Waals surface area contributed by atoms with Crippen LogP contribution < -0.4 is 4.74 Å². The summed E-state index contributed by atoms with van der Waals surface area (Å²) in [6.07, 6.45) is 1.01. The van der Waals surface area contributed by atoms with E-state index in [1.165, 1.54) is 33.1 Å². The summed E-state index contributed by atoms with van der Waals surface area (Å²) in [4.78, 5) is 37.1. The van der Waals surface area contributed by atoms with Crippen LogP contribution in [0.4, 0.5) is 0 Å². The zero-order valence-corrected chi connectivity index (χ0v) is 13.8. The van der Waals surface area contributed by atoms with E-state index in [2.05, 4.69) is 0 Å². The summed E-state index contributed by atoms with van der Waals surface area (Å²) in [7, 11) is 1.37. The first-order valence-corrected chi connectivity index (χ1v) is 7.51. The number of rotatable bonds is 3. The van der Waals surface area contributed by atoms with Gasteiger partial charge in [-0.2, -0.15) is 0 Å². The highest BCUT2D eigenvalue weighted by molar-refractivity contribution is 6.24. The van der Waals surface area contributed by atoms with Gasteiger partial charge in [0.25, 0.3) is 5.60 Å². The summed E-state index contributed by atoms with van der Waals surface area (Å²) >= 11 is 0. The minimum atomic E-state index is -2.70. The number of aliphatic hydroxyl groups is 1. The van der Waals surface area contributed by atoms with Crippen LogP contribution in [0.5, 0.6) is 11.5 Å². The summed E-state index contributed by atoms with van der Waals surface area (Å²) in [6.45, 7) is 2.69. The number of hydrogen-bond donors (Lipinski definition) is 2. The summed E-state index contributed by atoms with van der Waals surface area (Å²) in [6, 6.07) is 2.64. The standard InChI is InChI=1S/C17H16O8/c1-4-24-15(21)17(22)12(19)7-10-9-5-8(23-3)6-11(18)13(9)14(20)25-16(10,17)2/h5-7,18,22H,4H2,1-3H3/t16-,17+/m1/s1. The fraction of sp³-hybridized carbons (Fsp3) is 0.353. The lowest BCUT2D eigenvalue weighted by molar-refractivity contribution is -0.184. The van der Waals surface area contributed by atoms with Crippen molar-refractivity contribution in [3.05, 3.63) is 29.3 Å². The highest BCUT2D eigenvalue weighted by Gasteiger charge is 2.69. The van der Waals surface area contributed by atoms with Crippen LogP contribution in [0.2, 0.25) is 0 Å². The van der Waals surface area contributed by atoms with Crippen LogP contribution in [-0.4, -0.2) is 52.9 Å². The zero-order chi connectivity index (χ0) is 18.6. The highest BCUT2D eigenvalue weighted by atomic mass is 16.6. The minimum Gasteiger partial charge on any atom is -0.507 e. The van der Waals surface area contributed by atoms with Crippen LogP contribution in [0.25, 0.3) is 5.57 Å². The third-order valence-corrected chi connectivity index (χ3v) is 4.53. The van der Waals surface area contributed by atoms with Crippen LogP contribution in [0.1, 0.15) is 29.8 Å². The number of carbonyl (C=O) groups is 3. The van der Waals surface area contributed by atoms with Crippen molar-refractivity contribution in [3.63, 3.8) is 0 Å². The molecule has 1 aliphatic carbocycles. The van der Waals surface area contributed by atoms with Gasteiger partial charge in [-0.1, -0.05) is 0 Å². The van der Waals surface area contributed by atoms with Crippen molar-refractivity contribution in [2.24, 2.45) is 0 Å². The van der Waals surface area contributed by atoms with Crippen molar-refractivity contribution in [2.45, 2.75) is 25.0 Å². The molecule has 2 aliphatic rings. The molecular formula is C17H16O8. The molecule has 1 aromatic carbocycles. The van der Waals surface area contributed by atoms with E-state index in [0.717, 1.165) is 6.08 Å². The highest BCUT2D eigenvalue weighted by Crippen LogP contribution is 2.52. The van der Waals surface area contributed by atoms with Crippen LogP contribution >= 0.6 is 0 Å². The first kappa shape index (κ1) is 17.0. The zero-order valence-electron chi connectivity index (χ0n) is 13.8. The molecule has 0 aromatic heterocycles. The summed E-state index contributed by atoms with van der Waals surface area (Å²) < 4.78 is 15.1. The Balaban J connectivity index is 2.25. The van der Waals surface area contributed by atoms with Crippen molar-refractivity contribution in [2.75, 3.05) is 13.7 Å². The second kappa shape index (κ2) is 5.32. The Morgan fingerprint density at radius 3 is 2.60 bits per heavy atom. The third-order valence-electron chi connectivity index (χ3n) is 4.53. The van der Waals surface area contributed by atoms with E-state index in [1.807, 2.05) is 0 Å². The van der Waals surface area contributed by atoms with Gasteiger partial charge < -0.3 is 24.4 Å². The molecule has 1 aromatic rings. The maximum absolute atomic E-state index is 12.4. The lowest BCUT2D eigenvalue weighted by Crippen LogP contribution is -2.62. The molecule has 0 amide bonds. The molecule has 0 fully saturated rings. The summed E-state index contributed by atoms with van der Waals surface area (Å²) in [5.74, 6) is -3.33. The van der Waals surface area contributed by atoms with E-state index in [4.69, 9.17) is 14.2 Å². The van der Waals surface area contributed by atoms with E-state index in [0.29, 0.717) is 0 Å². The maximum atomic E-state index is 12.4. The first-order chi connectivity index (χ1) is 11.7. The molecule has 25 heavy (non-hydrogen) atoms. The molecular weight excluding hydrogens is 332 g/mol. The molecule has 3 rings (SSSR count). The van der Waals surface area contributed by atoms with Gasteiger partial charge in [0.2, 0.25) is 5.78 Å². The number of benzene rings is 1. The summed E-state index contributed by atoms with van der Waals surface area (Å²) in [5.41, 5.74) is -4.64. The number of aromatic hydroxyl groups is 1. The van der Waals surface area contributed by atoms with Crippen molar-refractivity contribution in [3.8, 4) is 11.5 Å². The van der Waals surface area contributed by atoms with Crippen molar-refractivity contribution < 1.29 is 38.8 Å². The maximum Gasteiger partial charge on any atom is 0.351 e. The molecule has 0 bridgehead atoms. The quantitative estimate of drug-likeness (QED) is 0.602. The predicted molar refractivity (Wildman–Crippen MR) is 83.0 cm³/mol. The second-order valence-electron chi connectivity index (χ2n) is 5.84. The van der Waals surface area contributed by atoms with E-state index < -0.39 is 34.7 Å². The van der Waals surface area contributed by atoms with Gasteiger partial charge in [-0.25, -0.2) is 9.59 Å². The topological polar surface area (TPSA) is 119 Å². The fourth-order valence-electron chi connectivity index (χ4n) is 3.18. The Labute approximate surface area is 142 Å². The number of fused-ring (bicyclic) bond motifs is 3.